The van der Waals surface area contributed by atoms with E-state index in [1.165, 1.54) is 0 Å². The Morgan fingerprint density at radius 1 is 0.944 bits per heavy atom. The van der Waals surface area contributed by atoms with Crippen molar-refractivity contribution >= 4 is 11.6 Å². The molecule has 0 spiro atoms. The van der Waals surface area contributed by atoms with E-state index < -0.39 is 0 Å². The number of amides is 1. The van der Waals surface area contributed by atoms with Gasteiger partial charge in [0, 0.05) is 51.3 Å². The first-order valence-corrected chi connectivity index (χ1v) is 12.2. The van der Waals surface area contributed by atoms with E-state index in [1.807, 2.05) is 66.4 Å². The van der Waals surface area contributed by atoms with Gasteiger partial charge in [-0.1, -0.05) is 32.0 Å². The lowest BCUT2D eigenvalue weighted by molar-refractivity contribution is -0.133. The predicted octanol–water partition coefficient (Wildman–Crippen LogP) is 4.87. The maximum Gasteiger partial charge on any atom is 0.228 e. The van der Waals surface area contributed by atoms with Crippen molar-refractivity contribution in [1.82, 2.24) is 15.0 Å². The zero-order valence-corrected chi connectivity index (χ0v) is 22.5. The molecule has 0 radical (unpaired) electrons. The highest BCUT2D eigenvalue weighted by Gasteiger charge is 2.22. The number of anilines is 1. The fourth-order valence-electron chi connectivity index (χ4n) is 3.84. The third-order valence-electron chi connectivity index (χ3n) is 5.86. The summed E-state index contributed by atoms with van der Waals surface area (Å²) in [5.74, 6) is 2.54. The number of hydrogen-bond acceptors (Lipinski definition) is 7. The number of ether oxygens (including phenoxy) is 2. The maximum atomic E-state index is 13.1. The van der Waals surface area contributed by atoms with Crippen LogP contribution in [0.3, 0.4) is 0 Å². The quantitative estimate of drug-likeness (QED) is 0.376. The molecule has 0 fully saturated rings. The Morgan fingerprint density at radius 3 is 2.22 bits per heavy atom. The first kappa shape index (κ1) is 27.0. The summed E-state index contributed by atoms with van der Waals surface area (Å²) >= 11 is 0. The lowest BCUT2D eigenvalue weighted by Crippen LogP contribution is -2.36. The van der Waals surface area contributed by atoms with E-state index in [4.69, 9.17) is 14.0 Å². The minimum absolute atomic E-state index is 0.102. The second kappa shape index (κ2) is 11.9. The highest BCUT2D eigenvalue weighted by Crippen LogP contribution is 2.28. The fourth-order valence-corrected chi connectivity index (χ4v) is 3.84. The van der Waals surface area contributed by atoms with Gasteiger partial charge in [0.05, 0.1) is 14.2 Å². The largest absolute Gasteiger partial charge is 0.493 e. The lowest BCUT2D eigenvalue weighted by atomic mass is 9.91. The average molecular weight is 495 g/mol. The van der Waals surface area contributed by atoms with Crippen LogP contribution in [-0.4, -0.2) is 62.4 Å². The number of benzene rings is 2. The maximum absolute atomic E-state index is 13.1. The Balaban J connectivity index is 1.68. The number of hydrogen-bond donors (Lipinski definition) is 0. The molecular weight excluding hydrogens is 456 g/mol. The van der Waals surface area contributed by atoms with E-state index in [9.17, 15) is 4.79 Å². The molecule has 0 saturated heterocycles. The van der Waals surface area contributed by atoms with Gasteiger partial charge in [0.1, 0.15) is 0 Å². The Bertz CT molecular complexity index is 1130. The summed E-state index contributed by atoms with van der Waals surface area (Å²) in [4.78, 5) is 21.6. The number of aromatic nitrogens is 2. The molecule has 0 aliphatic rings. The highest BCUT2D eigenvalue weighted by molar-refractivity contribution is 5.76. The Kier molecular flexibility index (Phi) is 8.96. The van der Waals surface area contributed by atoms with Gasteiger partial charge in [0.25, 0.3) is 0 Å². The minimum Gasteiger partial charge on any atom is -0.493 e. The third kappa shape index (κ3) is 7.47. The standard InChI is InChI=1S/C28H38N4O4/c1-28(2,3)19-26(33)32(16-14-20-8-13-23(34-6)24(18-20)35-7)17-15-25-29-27(30-36-25)21-9-11-22(12-10-21)31(4)5/h8-13,18H,14-17,19H2,1-7H3. The summed E-state index contributed by atoms with van der Waals surface area (Å²) in [6, 6.07) is 13.8. The SMILES string of the molecule is COc1ccc(CCN(CCc2nc(-c3ccc(N(C)C)cc3)no2)C(=O)CC(C)(C)C)cc1OC. The lowest BCUT2D eigenvalue weighted by Gasteiger charge is -2.26. The second-order valence-corrected chi connectivity index (χ2v) is 10.3. The first-order chi connectivity index (χ1) is 17.1. The number of carbonyl (C=O) groups excluding carboxylic acids is 1. The molecule has 1 amide bonds. The number of carbonyl (C=O) groups is 1. The summed E-state index contributed by atoms with van der Waals surface area (Å²) in [6.07, 6.45) is 1.65. The topological polar surface area (TPSA) is 80.9 Å². The molecule has 3 aromatic rings. The van der Waals surface area contributed by atoms with Crippen LogP contribution in [0.5, 0.6) is 11.5 Å². The van der Waals surface area contributed by atoms with Crippen molar-refractivity contribution in [2.75, 3.05) is 46.3 Å². The van der Waals surface area contributed by atoms with Crippen LogP contribution in [-0.2, 0) is 17.6 Å². The van der Waals surface area contributed by atoms with Gasteiger partial charge in [0.15, 0.2) is 11.5 Å². The van der Waals surface area contributed by atoms with Gasteiger partial charge in [-0.05, 0) is 53.8 Å². The van der Waals surface area contributed by atoms with Crippen LogP contribution < -0.4 is 14.4 Å². The number of methoxy groups -OCH3 is 2. The van der Waals surface area contributed by atoms with Crippen LogP contribution in [0.1, 0.15) is 38.6 Å². The van der Waals surface area contributed by atoms with Gasteiger partial charge in [-0.3, -0.25) is 4.79 Å². The van der Waals surface area contributed by atoms with Gasteiger partial charge in [0.2, 0.25) is 17.6 Å². The van der Waals surface area contributed by atoms with Gasteiger partial charge in [-0.25, -0.2) is 0 Å². The van der Waals surface area contributed by atoms with Crippen molar-refractivity contribution < 1.29 is 18.8 Å². The normalized spacial score (nSPS) is 11.3. The molecule has 0 saturated carbocycles. The van der Waals surface area contributed by atoms with Gasteiger partial charge in [-0.15, -0.1) is 0 Å². The molecule has 1 aromatic heterocycles. The van der Waals surface area contributed by atoms with Crippen molar-refractivity contribution in [3.05, 3.63) is 53.9 Å². The van der Waals surface area contributed by atoms with Crippen molar-refractivity contribution in [2.24, 2.45) is 5.41 Å². The van der Waals surface area contributed by atoms with Gasteiger partial charge >= 0.3 is 0 Å². The van der Waals surface area contributed by atoms with Crippen molar-refractivity contribution in [3.63, 3.8) is 0 Å². The number of nitrogens with zero attached hydrogens (tertiary/aromatic N) is 4. The predicted molar refractivity (Wildman–Crippen MR) is 142 cm³/mol. The molecule has 0 bridgehead atoms. The van der Waals surface area contributed by atoms with E-state index in [2.05, 4.69) is 30.9 Å². The summed E-state index contributed by atoms with van der Waals surface area (Å²) in [5, 5.41) is 4.14. The first-order valence-electron chi connectivity index (χ1n) is 12.2. The molecular formula is C28H38N4O4. The van der Waals surface area contributed by atoms with Crippen molar-refractivity contribution in [2.45, 2.75) is 40.0 Å². The number of rotatable bonds is 11. The molecule has 36 heavy (non-hydrogen) atoms. The van der Waals surface area contributed by atoms with E-state index in [0.29, 0.717) is 55.6 Å². The van der Waals surface area contributed by atoms with Crippen LogP contribution in [0.15, 0.2) is 47.0 Å². The Morgan fingerprint density at radius 2 is 1.61 bits per heavy atom. The van der Waals surface area contributed by atoms with Crippen LogP contribution in [0.2, 0.25) is 0 Å². The summed E-state index contributed by atoms with van der Waals surface area (Å²) in [5.41, 5.74) is 2.96. The summed E-state index contributed by atoms with van der Waals surface area (Å²) < 4.78 is 16.3. The Hall–Kier alpha value is -3.55. The minimum atomic E-state index is -0.102. The second-order valence-electron chi connectivity index (χ2n) is 10.3. The molecule has 3 rings (SSSR count). The average Bonchev–Trinajstić information content (AvgIpc) is 3.31. The molecule has 0 atom stereocenters. The zero-order valence-electron chi connectivity index (χ0n) is 22.5. The van der Waals surface area contributed by atoms with E-state index in [1.54, 1.807) is 14.2 Å². The summed E-state index contributed by atoms with van der Waals surface area (Å²) in [7, 11) is 7.24. The molecule has 0 unspecified atom stereocenters. The van der Waals surface area contributed by atoms with E-state index in [0.717, 1.165) is 16.8 Å². The van der Waals surface area contributed by atoms with Crippen LogP contribution in [0.25, 0.3) is 11.4 Å². The van der Waals surface area contributed by atoms with E-state index >= 15 is 0 Å². The fraction of sp³-hybridized carbons (Fsp3) is 0.464. The monoisotopic (exact) mass is 494 g/mol. The highest BCUT2D eigenvalue weighted by atomic mass is 16.5. The van der Waals surface area contributed by atoms with Crippen LogP contribution in [0, 0.1) is 5.41 Å². The van der Waals surface area contributed by atoms with Crippen LogP contribution >= 0.6 is 0 Å². The van der Waals surface area contributed by atoms with Crippen molar-refractivity contribution in [1.29, 1.82) is 0 Å². The van der Waals surface area contributed by atoms with Crippen molar-refractivity contribution in [3.8, 4) is 22.9 Å². The molecule has 194 valence electrons. The smallest absolute Gasteiger partial charge is 0.228 e. The zero-order chi connectivity index (χ0) is 26.3. The molecule has 0 aliphatic heterocycles. The van der Waals surface area contributed by atoms with Gasteiger partial charge in [-0.2, -0.15) is 4.98 Å². The molecule has 0 aliphatic carbocycles. The molecule has 0 N–H and O–H groups in total. The van der Waals surface area contributed by atoms with E-state index in [-0.39, 0.29) is 11.3 Å². The summed E-state index contributed by atoms with van der Waals surface area (Å²) in [6.45, 7) is 7.30. The molecule has 8 heteroatoms. The van der Waals surface area contributed by atoms with Gasteiger partial charge < -0.3 is 23.8 Å². The Labute approximate surface area is 214 Å². The molecule has 8 nitrogen and oxygen atoms in total. The van der Waals surface area contributed by atoms with Crippen LogP contribution in [0.4, 0.5) is 5.69 Å². The molecule has 1 heterocycles. The third-order valence-corrected chi connectivity index (χ3v) is 5.86. The molecule has 2 aromatic carbocycles.